The van der Waals surface area contributed by atoms with Gasteiger partial charge in [-0.3, -0.25) is 0 Å². The predicted octanol–water partition coefficient (Wildman–Crippen LogP) is 0.830. The Balaban J connectivity index is 0.00000342. The summed E-state index contributed by atoms with van der Waals surface area (Å²) < 4.78 is 33.2. The molecule has 0 fully saturated rings. The van der Waals surface area contributed by atoms with Gasteiger partial charge in [-0.2, -0.15) is 4.98 Å². The molecule has 2 heterocycles. The van der Waals surface area contributed by atoms with E-state index < -0.39 is 29.9 Å². The van der Waals surface area contributed by atoms with Crippen molar-refractivity contribution in [3.63, 3.8) is 0 Å². The zero-order valence-corrected chi connectivity index (χ0v) is 18.8. The Morgan fingerprint density at radius 3 is 2.37 bits per heavy atom. The Hall–Kier alpha value is -3.80. The second-order valence-corrected chi connectivity index (χ2v) is 7.41. The average molecular weight is 468 g/mol. The van der Waals surface area contributed by atoms with Gasteiger partial charge in [0.1, 0.15) is 23.2 Å². The second-order valence-electron chi connectivity index (χ2n) is 7.41. The number of halogens is 2. The minimum Gasteiger partial charge on any atom is -0.550 e. The third kappa shape index (κ3) is 7.34. The van der Waals surface area contributed by atoms with Gasteiger partial charge in [0.05, 0.1) is 5.69 Å². The fourth-order valence-corrected chi connectivity index (χ4v) is 3.37. The van der Waals surface area contributed by atoms with Gasteiger partial charge in [0.2, 0.25) is 0 Å². The minimum absolute atomic E-state index is 0. The molecule has 0 bridgehead atoms. The summed E-state index contributed by atoms with van der Waals surface area (Å²) in [5, 5.41) is 14.5. The number of anilines is 1. The molecular weight excluding hydrogens is 449 g/mol. The number of carbonyl (C=O) groups excluding carboxylic acids is 1. The number of nitrogens with one attached hydrogen (secondary N) is 1. The van der Waals surface area contributed by atoms with Crippen molar-refractivity contribution in [3.8, 4) is 11.8 Å². The normalized spacial score (nSPS) is 11.3. The first-order valence-electron chi connectivity index (χ1n) is 10.4. The Morgan fingerprint density at radius 2 is 1.71 bits per heavy atom. The van der Waals surface area contributed by atoms with Crippen molar-refractivity contribution in [3.05, 3.63) is 108 Å². The maximum absolute atomic E-state index is 13.7. The third-order valence-electron chi connectivity index (χ3n) is 4.94. The topological polar surface area (TPSA) is 100 Å². The average Bonchev–Trinajstić information content (AvgIpc) is 2.82. The maximum atomic E-state index is 13.7. The van der Waals surface area contributed by atoms with Crippen molar-refractivity contribution in [2.45, 2.75) is 18.9 Å². The Bertz CT molecular complexity index is 1260. The van der Waals surface area contributed by atoms with Crippen LogP contribution in [0.5, 0.6) is 11.8 Å². The molecular formula is C25H19F2LiN4O3. The van der Waals surface area contributed by atoms with Crippen molar-refractivity contribution in [2.24, 2.45) is 0 Å². The molecule has 1 unspecified atom stereocenters. The number of benzene rings is 2. The van der Waals surface area contributed by atoms with E-state index in [1.54, 1.807) is 18.3 Å². The van der Waals surface area contributed by atoms with E-state index in [1.165, 1.54) is 12.3 Å². The predicted molar refractivity (Wildman–Crippen MR) is 118 cm³/mol. The van der Waals surface area contributed by atoms with Gasteiger partial charge >= 0.3 is 24.9 Å². The molecule has 2 aromatic carbocycles. The zero-order valence-electron chi connectivity index (χ0n) is 18.8. The van der Waals surface area contributed by atoms with E-state index >= 15 is 0 Å². The summed E-state index contributed by atoms with van der Waals surface area (Å²) in [6.07, 6.45) is 2.58. The molecule has 10 heteroatoms. The Labute approximate surface area is 212 Å². The summed E-state index contributed by atoms with van der Waals surface area (Å²) >= 11 is 0. The number of rotatable bonds is 9. The summed E-state index contributed by atoms with van der Waals surface area (Å²) in [5.74, 6) is -2.74. The number of hydrogen-bond acceptors (Lipinski definition) is 7. The van der Waals surface area contributed by atoms with Crippen LogP contribution in [-0.4, -0.2) is 20.9 Å². The number of hydrogen-bond donors (Lipinski definition) is 1. The number of nitrogens with zero attached hydrogens (tertiary/aromatic N) is 3. The van der Waals surface area contributed by atoms with Crippen LogP contribution in [0, 0.1) is 11.6 Å². The van der Waals surface area contributed by atoms with Gasteiger partial charge in [0, 0.05) is 36.9 Å². The number of carboxylic acids is 1. The van der Waals surface area contributed by atoms with E-state index in [2.05, 4.69) is 20.3 Å². The van der Waals surface area contributed by atoms with Gasteiger partial charge in [0.25, 0.3) is 0 Å². The van der Waals surface area contributed by atoms with Gasteiger partial charge in [-0.15, -0.1) is 0 Å². The number of ether oxygens (including phenoxy) is 1. The summed E-state index contributed by atoms with van der Waals surface area (Å²) in [4.78, 5) is 23.8. The van der Waals surface area contributed by atoms with E-state index in [1.807, 2.05) is 30.3 Å². The molecule has 0 aliphatic rings. The van der Waals surface area contributed by atoms with Crippen LogP contribution in [0.4, 0.5) is 14.6 Å². The molecule has 0 amide bonds. The van der Waals surface area contributed by atoms with Gasteiger partial charge in [0.15, 0.2) is 0 Å². The quantitative estimate of drug-likeness (QED) is 0.363. The van der Waals surface area contributed by atoms with Crippen LogP contribution < -0.4 is 34.0 Å². The molecule has 0 radical (unpaired) electrons. The molecule has 1 N–H and O–H groups in total. The fraction of sp³-hybridized carbons (Fsp3) is 0.120. The number of carbonyl (C=O) groups is 1. The van der Waals surface area contributed by atoms with E-state index in [0.717, 1.165) is 23.5 Å². The van der Waals surface area contributed by atoms with Crippen LogP contribution in [0.2, 0.25) is 0 Å². The molecule has 0 aliphatic heterocycles. The first-order valence-corrected chi connectivity index (χ1v) is 10.4. The Kier molecular flexibility index (Phi) is 8.90. The first kappa shape index (κ1) is 25.8. The second kappa shape index (κ2) is 12.1. The van der Waals surface area contributed by atoms with Crippen LogP contribution in [0.3, 0.4) is 0 Å². The van der Waals surface area contributed by atoms with Crippen LogP contribution >= 0.6 is 0 Å². The molecule has 0 spiro atoms. The molecule has 35 heavy (non-hydrogen) atoms. The molecule has 172 valence electrons. The van der Waals surface area contributed by atoms with Crippen LogP contribution in [0.15, 0.2) is 79.1 Å². The summed E-state index contributed by atoms with van der Waals surface area (Å²) in [6.45, 7) is 0.568. The van der Waals surface area contributed by atoms with E-state index in [4.69, 9.17) is 4.74 Å². The fourth-order valence-electron chi connectivity index (χ4n) is 3.37. The Morgan fingerprint density at radius 1 is 0.971 bits per heavy atom. The van der Waals surface area contributed by atoms with Crippen molar-refractivity contribution in [2.75, 3.05) is 5.32 Å². The number of pyridine rings is 1. The molecule has 0 saturated carbocycles. The molecule has 4 aromatic rings. The zero-order chi connectivity index (χ0) is 23.9. The van der Waals surface area contributed by atoms with Gasteiger partial charge < -0.3 is 20.0 Å². The molecule has 1 atom stereocenters. The largest absolute Gasteiger partial charge is 1.00 e. The molecule has 0 aliphatic carbocycles. The van der Waals surface area contributed by atoms with Crippen molar-refractivity contribution in [1.29, 1.82) is 0 Å². The van der Waals surface area contributed by atoms with Crippen molar-refractivity contribution in [1.82, 2.24) is 15.0 Å². The maximum Gasteiger partial charge on any atom is 1.00 e. The SMILES string of the molecule is O=C([O-])CC(c1cc(F)cc(F)c1)c1ccnc(Oc2ccc(CNc3ccccn3)cc2)n1.[Li+]. The first-order chi connectivity index (χ1) is 16.5. The van der Waals surface area contributed by atoms with Gasteiger partial charge in [-0.05, 0) is 60.0 Å². The minimum atomic E-state index is -1.38. The summed E-state index contributed by atoms with van der Waals surface area (Å²) in [6, 6.07) is 17.1. The van der Waals surface area contributed by atoms with E-state index in [0.29, 0.717) is 18.4 Å². The molecule has 4 rings (SSSR count). The van der Waals surface area contributed by atoms with Crippen LogP contribution in [0.1, 0.15) is 29.2 Å². The van der Waals surface area contributed by atoms with Gasteiger partial charge in [-0.25, -0.2) is 18.7 Å². The number of aliphatic carboxylic acids is 1. The standard InChI is InChI=1S/C25H20F2N4O3.Li/c26-18-11-17(12-19(27)13-18)21(14-24(32)33)22-8-10-29-25(31-22)34-20-6-4-16(5-7-20)15-30-23-3-1-2-9-28-23;/h1-13,21H,14-15H2,(H,28,30)(H,32,33);/q;+1/p-1. The molecule has 0 saturated heterocycles. The van der Waals surface area contributed by atoms with Crippen molar-refractivity contribution >= 4 is 11.8 Å². The van der Waals surface area contributed by atoms with E-state index in [-0.39, 0.29) is 36.1 Å². The number of aromatic nitrogens is 3. The summed E-state index contributed by atoms with van der Waals surface area (Å²) in [5.41, 5.74) is 1.35. The van der Waals surface area contributed by atoms with Crippen LogP contribution in [-0.2, 0) is 11.3 Å². The third-order valence-corrected chi connectivity index (χ3v) is 4.94. The van der Waals surface area contributed by atoms with Crippen LogP contribution in [0.25, 0.3) is 0 Å². The molecule has 7 nitrogen and oxygen atoms in total. The van der Waals surface area contributed by atoms with E-state index in [9.17, 15) is 18.7 Å². The number of carboxylic acid groups (broad SMARTS) is 1. The smallest absolute Gasteiger partial charge is 0.550 e. The monoisotopic (exact) mass is 468 g/mol. The summed E-state index contributed by atoms with van der Waals surface area (Å²) in [7, 11) is 0. The van der Waals surface area contributed by atoms with Crippen molar-refractivity contribution < 1.29 is 42.3 Å². The molecule has 2 aromatic heterocycles. The van der Waals surface area contributed by atoms with Gasteiger partial charge in [-0.1, -0.05) is 18.2 Å².